The second-order valence-electron chi connectivity index (χ2n) is 6.17. The number of nitrogens with zero attached hydrogens (tertiary/aromatic N) is 1. The Morgan fingerprint density at radius 3 is 3.00 bits per heavy atom. The van der Waals surface area contributed by atoms with Crippen LogP contribution in [0, 0.1) is 5.92 Å². The smallest absolute Gasteiger partial charge is 0.122 e. The van der Waals surface area contributed by atoms with Crippen LogP contribution in [0.25, 0.3) is 0 Å². The Kier molecular flexibility index (Phi) is 3.44. The van der Waals surface area contributed by atoms with Crippen LogP contribution in [0.2, 0.25) is 0 Å². The third-order valence-corrected chi connectivity index (χ3v) is 4.40. The van der Waals surface area contributed by atoms with E-state index in [0.29, 0.717) is 6.04 Å². The summed E-state index contributed by atoms with van der Waals surface area (Å²) in [5.74, 6) is 2.09. The van der Waals surface area contributed by atoms with Gasteiger partial charge in [-0.1, -0.05) is 13.8 Å². The lowest BCUT2D eigenvalue weighted by molar-refractivity contribution is 0.204. The van der Waals surface area contributed by atoms with Crippen molar-refractivity contribution < 1.29 is 4.42 Å². The molecule has 3 rings (SSSR count). The van der Waals surface area contributed by atoms with Gasteiger partial charge in [0.15, 0.2) is 0 Å². The first kappa shape index (κ1) is 12.2. The maximum Gasteiger partial charge on any atom is 0.122 e. The molecule has 2 heterocycles. The van der Waals surface area contributed by atoms with Gasteiger partial charge in [-0.05, 0) is 31.2 Å². The lowest BCUT2D eigenvalue weighted by Gasteiger charge is -2.26. The van der Waals surface area contributed by atoms with Gasteiger partial charge in [-0.3, -0.25) is 4.90 Å². The molecule has 1 aromatic rings. The van der Waals surface area contributed by atoms with E-state index in [9.17, 15) is 0 Å². The van der Waals surface area contributed by atoms with Crippen LogP contribution in [0.5, 0.6) is 0 Å². The Balaban J connectivity index is 1.61. The highest BCUT2D eigenvalue weighted by Gasteiger charge is 2.37. The van der Waals surface area contributed by atoms with Gasteiger partial charge < -0.3 is 9.73 Å². The lowest BCUT2D eigenvalue weighted by Crippen LogP contribution is -2.32. The van der Waals surface area contributed by atoms with Crippen LogP contribution in [0.1, 0.15) is 44.4 Å². The fourth-order valence-corrected chi connectivity index (χ4v) is 3.40. The summed E-state index contributed by atoms with van der Waals surface area (Å²) in [6.07, 6.45) is 6.12. The Bertz CT molecular complexity index is 399. The Morgan fingerprint density at radius 2 is 2.33 bits per heavy atom. The van der Waals surface area contributed by atoms with E-state index in [-0.39, 0.29) is 0 Å². The lowest BCUT2D eigenvalue weighted by atomic mass is 10.1. The summed E-state index contributed by atoms with van der Waals surface area (Å²) in [6, 6.07) is 3.49. The molecule has 100 valence electrons. The van der Waals surface area contributed by atoms with Crippen molar-refractivity contribution in [3.05, 3.63) is 23.7 Å². The fraction of sp³-hybridized carbons (Fsp3) is 0.733. The van der Waals surface area contributed by atoms with Crippen molar-refractivity contribution in [2.24, 2.45) is 5.92 Å². The molecule has 1 saturated carbocycles. The van der Waals surface area contributed by atoms with Gasteiger partial charge in [0.2, 0.25) is 0 Å². The van der Waals surface area contributed by atoms with Crippen LogP contribution in [-0.4, -0.2) is 23.5 Å². The van der Waals surface area contributed by atoms with Gasteiger partial charge in [0.1, 0.15) is 5.76 Å². The minimum absolute atomic E-state index is 0.505. The summed E-state index contributed by atoms with van der Waals surface area (Å²) >= 11 is 0. The van der Waals surface area contributed by atoms with Crippen LogP contribution in [0.4, 0.5) is 0 Å². The van der Waals surface area contributed by atoms with Gasteiger partial charge in [0.25, 0.3) is 0 Å². The van der Waals surface area contributed by atoms with Crippen LogP contribution < -0.4 is 5.32 Å². The summed E-state index contributed by atoms with van der Waals surface area (Å²) in [6.45, 7) is 7.56. The maximum absolute atomic E-state index is 5.62. The van der Waals surface area contributed by atoms with Crippen molar-refractivity contribution in [3.8, 4) is 0 Å². The first-order valence-corrected chi connectivity index (χ1v) is 7.25. The maximum atomic E-state index is 5.62. The molecular formula is C15H24N2O. The van der Waals surface area contributed by atoms with E-state index in [4.69, 9.17) is 4.42 Å². The third kappa shape index (κ3) is 2.47. The molecule has 2 atom stereocenters. The van der Waals surface area contributed by atoms with Crippen LogP contribution in [0.3, 0.4) is 0 Å². The SMILES string of the molecule is CC(C)NCc1occc1CN1CC2CCC1C2. The van der Waals surface area contributed by atoms with Crippen molar-refractivity contribution in [3.63, 3.8) is 0 Å². The standard InChI is InChI=1S/C15H24N2O/c1-11(2)16-8-15-13(5-6-18-15)10-17-9-12-3-4-14(17)7-12/h5-6,11-12,14,16H,3-4,7-10H2,1-2H3. The first-order chi connectivity index (χ1) is 8.72. The highest BCUT2D eigenvalue weighted by atomic mass is 16.3. The van der Waals surface area contributed by atoms with Crippen molar-refractivity contribution in [1.82, 2.24) is 10.2 Å². The van der Waals surface area contributed by atoms with E-state index in [0.717, 1.165) is 30.8 Å². The molecular weight excluding hydrogens is 224 g/mol. The molecule has 0 amide bonds. The third-order valence-electron chi connectivity index (χ3n) is 4.40. The molecule has 1 aromatic heterocycles. The number of rotatable bonds is 5. The monoisotopic (exact) mass is 248 g/mol. The minimum Gasteiger partial charge on any atom is -0.468 e. The molecule has 18 heavy (non-hydrogen) atoms. The predicted octanol–water partition coefficient (Wildman–Crippen LogP) is 2.76. The van der Waals surface area contributed by atoms with Gasteiger partial charge in [-0.15, -0.1) is 0 Å². The predicted molar refractivity (Wildman–Crippen MR) is 72.2 cm³/mol. The zero-order valence-corrected chi connectivity index (χ0v) is 11.5. The molecule has 2 unspecified atom stereocenters. The molecule has 0 aromatic carbocycles. The topological polar surface area (TPSA) is 28.4 Å². The van der Waals surface area contributed by atoms with Gasteiger partial charge in [-0.2, -0.15) is 0 Å². The van der Waals surface area contributed by atoms with Crippen LogP contribution >= 0.6 is 0 Å². The van der Waals surface area contributed by atoms with E-state index in [1.54, 1.807) is 0 Å². The number of fused-ring (bicyclic) bond motifs is 2. The van der Waals surface area contributed by atoms with Crippen molar-refractivity contribution >= 4 is 0 Å². The normalized spacial score (nSPS) is 27.5. The van der Waals surface area contributed by atoms with E-state index in [1.165, 1.54) is 31.4 Å². The summed E-state index contributed by atoms with van der Waals surface area (Å²) < 4.78 is 5.62. The second-order valence-corrected chi connectivity index (χ2v) is 6.17. The number of hydrogen-bond donors (Lipinski definition) is 1. The zero-order valence-electron chi connectivity index (χ0n) is 11.5. The number of piperidine rings is 1. The molecule has 2 fully saturated rings. The summed E-state index contributed by atoms with van der Waals surface area (Å²) in [7, 11) is 0. The molecule has 1 saturated heterocycles. The second kappa shape index (κ2) is 5.06. The largest absolute Gasteiger partial charge is 0.468 e. The Hall–Kier alpha value is -0.800. The fourth-order valence-electron chi connectivity index (χ4n) is 3.40. The first-order valence-electron chi connectivity index (χ1n) is 7.25. The Morgan fingerprint density at radius 1 is 1.44 bits per heavy atom. The molecule has 0 radical (unpaired) electrons. The summed E-state index contributed by atoms with van der Waals surface area (Å²) in [5, 5.41) is 3.43. The highest BCUT2D eigenvalue weighted by molar-refractivity contribution is 5.17. The number of likely N-dealkylation sites (tertiary alicyclic amines) is 1. The molecule has 2 aliphatic rings. The van der Waals surface area contributed by atoms with Crippen LogP contribution in [0.15, 0.2) is 16.7 Å². The quantitative estimate of drug-likeness (QED) is 0.868. The molecule has 3 heteroatoms. The van der Waals surface area contributed by atoms with Gasteiger partial charge in [0.05, 0.1) is 12.8 Å². The van der Waals surface area contributed by atoms with E-state index in [1.807, 2.05) is 6.26 Å². The number of hydrogen-bond acceptors (Lipinski definition) is 3. The highest BCUT2D eigenvalue weighted by Crippen LogP contribution is 2.38. The Labute approximate surface area is 110 Å². The number of nitrogens with one attached hydrogen (secondary N) is 1. The summed E-state index contributed by atoms with van der Waals surface area (Å²) in [4.78, 5) is 2.65. The summed E-state index contributed by atoms with van der Waals surface area (Å²) in [5.41, 5.74) is 1.37. The molecule has 3 nitrogen and oxygen atoms in total. The van der Waals surface area contributed by atoms with Crippen molar-refractivity contribution in [1.29, 1.82) is 0 Å². The minimum atomic E-state index is 0.505. The van der Waals surface area contributed by atoms with Crippen LogP contribution in [-0.2, 0) is 13.1 Å². The van der Waals surface area contributed by atoms with Gasteiger partial charge in [-0.25, -0.2) is 0 Å². The van der Waals surface area contributed by atoms with E-state index < -0.39 is 0 Å². The van der Waals surface area contributed by atoms with E-state index in [2.05, 4.69) is 30.1 Å². The zero-order chi connectivity index (χ0) is 12.5. The molecule has 1 aliphatic carbocycles. The average Bonchev–Trinajstić information content (AvgIpc) is 3.02. The molecule has 1 aliphatic heterocycles. The number of furan rings is 1. The van der Waals surface area contributed by atoms with E-state index >= 15 is 0 Å². The molecule has 0 spiro atoms. The van der Waals surface area contributed by atoms with Crippen molar-refractivity contribution in [2.75, 3.05) is 6.54 Å². The van der Waals surface area contributed by atoms with Crippen molar-refractivity contribution in [2.45, 2.75) is 58.3 Å². The molecule has 1 N–H and O–H groups in total. The average molecular weight is 248 g/mol. The van der Waals surface area contributed by atoms with Gasteiger partial charge >= 0.3 is 0 Å². The molecule has 2 bridgehead atoms. The van der Waals surface area contributed by atoms with Gasteiger partial charge in [0, 0.05) is 30.7 Å².